The maximum atomic E-state index is 13.6. The number of sulfonamides is 1. The molecule has 3 aromatic rings. The van der Waals surface area contributed by atoms with E-state index in [0.29, 0.717) is 12.2 Å². The van der Waals surface area contributed by atoms with Gasteiger partial charge in [-0.3, -0.25) is 9.10 Å². The molecule has 0 aliphatic carbocycles. The molecule has 0 heterocycles. The van der Waals surface area contributed by atoms with Crippen molar-refractivity contribution in [1.29, 1.82) is 0 Å². The number of nitrogens with one attached hydrogen (secondary N) is 1. The molecule has 0 aromatic heterocycles. The molecule has 0 unspecified atom stereocenters. The predicted octanol–water partition coefficient (Wildman–Crippen LogP) is 4.97. The highest BCUT2D eigenvalue weighted by Crippen LogP contribution is 2.27. The summed E-state index contributed by atoms with van der Waals surface area (Å²) in [7, 11) is -3.94. The van der Waals surface area contributed by atoms with Crippen LogP contribution >= 0.6 is 0 Å². The van der Waals surface area contributed by atoms with Crippen LogP contribution in [0.2, 0.25) is 0 Å². The average Bonchev–Trinajstić information content (AvgIpc) is 2.83. The Bertz CT molecular complexity index is 1250. The van der Waals surface area contributed by atoms with Gasteiger partial charge in [0.05, 0.1) is 10.6 Å². The second-order valence-electron chi connectivity index (χ2n) is 8.73. The minimum absolute atomic E-state index is 0.155. The van der Waals surface area contributed by atoms with E-state index in [-0.39, 0.29) is 17.3 Å². The quantitative estimate of drug-likeness (QED) is 0.433. The fourth-order valence-corrected chi connectivity index (χ4v) is 5.51. The number of carbonyl (C=O) groups is 1. The third-order valence-corrected chi connectivity index (χ3v) is 7.85. The molecule has 0 atom stereocenters. The Balaban J connectivity index is 1.81. The molecule has 0 aliphatic heterocycles. The monoisotopic (exact) mass is 493 g/mol. The van der Waals surface area contributed by atoms with Gasteiger partial charge < -0.3 is 10.2 Å². The minimum Gasteiger partial charge on any atom is -0.372 e. The second kappa shape index (κ2) is 11.4. The Morgan fingerprint density at radius 1 is 0.829 bits per heavy atom. The van der Waals surface area contributed by atoms with Crippen molar-refractivity contribution in [2.75, 3.05) is 28.8 Å². The van der Waals surface area contributed by atoms with Crippen molar-refractivity contribution in [2.24, 2.45) is 0 Å². The SMILES string of the molecule is CCN(CC)c1ccc(CNC(=O)CN(c2ccc(C)cc2C)S(=O)(=O)c2ccc(C)cc2)cc1. The summed E-state index contributed by atoms with van der Waals surface area (Å²) in [6.45, 7) is 11.8. The van der Waals surface area contributed by atoms with Crippen LogP contribution in [0.4, 0.5) is 11.4 Å². The van der Waals surface area contributed by atoms with Crippen molar-refractivity contribution in [3.8, 4) is 0 Å². The van der Waals surface area contributed by atoms with Gasteiger partial charge in [-0.2, -0.15) is 0 Å². The molecule has 0 saturated heterocycles. The van der Waals surface area contributed by atoms with Crippen molar-refractivity contribution >= 4 is 27.3 Å². The van der Waals surface area contributed by atoms with Gasteiger partial charge in [0.25, 0.3) is 10.0 Å². The molecular weight excluding hydrogens is 458 g/mol. The van der Waals surface area contributed by atoms with Crippen molar-refractivity contribution < 1.29 is 13.2 Å². The Morgan fingerprint density at radius 2 is 1.43 bits per heavy atom. The van der Waals surface area contributed by atoms with E-state index in [1.807, 2.05) is 57.2 Å². The number of benzene rings is 3. The Labute approximate surface area is 209 Å². The second-order valence-corrected chi connectivity index (χ2v) is 10.6. The lowest BCUT2D eigenvalue weighted by Crippen LogP contribution is -2.41. The average molecular weight is 494 g/mol. The fraction of sp³-hybridized carbons (Fsp3) is 0.321. The first-order valence-electron chi connectivity index (χ1n) is 11.9. The first-order chi connectivity index (χ1) is 16.6. The van der Waals surface area contributed by atoms with Crippen LogP contribution in [0, 0.1) is 20.8 Å². The highest BCUT2D eigenvalue weighted by molar-refractivity contribution is 7.92. The third-order valence-electron chi connectivity index (χ3n) is 6.07. The summed E-state index contributed by atoms with van der Waals surface area (Å²) >= 11 is 0. The largest absolute Gasteiger partial charge is 0.372 e. The van der Waals surface area contributed by atoms with Gasteiger partial charge in [0.2, 0.25) is 5.91 Å². The highest BCUT2D eigenvalue weighted by Gasteiger charge is 2.28. The standard InChI is InChI=1S/C28H35N3O3S/c1-6-30(7-2)25-13-11-24(12-14-25)19-29-28(32)20-31(27-17-10-22(4)18-23(27)5)35(33,34)26-15-8-21(3)9-16-26/h8-18H,6-7,19-20H2,1-5H3,(H,29,32). The molecular formula is C28H35N3O3S. The van der Waals surface area contributed by atoms with Gasteiger partial charge in [-0.25, -0.2) is 8.42 Å². The molecule has 1 N–H and O–H groups in total. The maximum Gasteiger partial charge on any atom is 0.264 e. The number of anilines is 2. The van der Waals surface area contributed by atoms with E-state index < -0.39 is 10.0 Å². The Kier molecular flexibility index (Phi) is 8.57. The van der Waals surface area contributed by atoms with Crippen molar-refractivity contribution in [3.63, 3.8) is 0 Å². The molecule has 0 aliphatic rings. The van der Waals surface area contributed by atoms with Gasteiger partial charge in [-0.15, -0.1) is 0 Å². The van der Waals surface area contributed by atoms with E-state index in [4.69, 9.17) is 0 Å². The van der Waals surface area contributed by atoms with Crippen molar-refractivity contribution in [2.45, 2.75) is 46.1 Å². The molecule has 0 bridgehead atoms. The molecule has 0 radical (unpaired) electrons. The first kappa shape index (κ1) is 26.3. The number of rotatable bonds is 10. The number of nitrogens with zero attached hydrogens (tertiary/aromatic N) is 2. The highest BCUT2D eigenvalue weighted by atomic mass is 32.2. The molecule has 0 saturated carbocycles. The topological polar surface area (TPSA) is 69.7 Å². The summed E-state index contributed by atoms with van der Waals surface area (Å²) in [5.74, 6) is -0.367. The predicted molar refractivity (Wildman–Crippen MR) is 143 cm³/mol. The summed E-state index contributed by atoms with van der Waals surface area (Å²) in [5, 5.41) is 2.88. The van der Waals surface area contributed by atoms with Crippen LogP contribution in [0.3, 0.4) is 0 Å². The minimum atomic E-state index is -3.94. The van der Waals surface area contributed by atoms with Gasteiger partial charge >= 0.3 is 0 Å². The number of hydrogen-bond donors (Lipinski definition) is 1. The fourth-order valence-electron chi connectivity index (χ4n) is 4.02. The van der Waals surface area contributed by atoms with Crippen LogP contribution < -0.4 is 14.5 Å². The van der Waals surface area contributed by atoms with E-state index in [0.717, 1.165) is 41.0 Å². The number of hydrogen-bond acceptors (Lipinski definition) is 4. The number of amides is 1. The van der Waals surface area contributed by atoms with Gasteiger partial charge in [0.1, 0.15) is 6.54 Å². The van der Waals surface area contributed by atoms with E-state index >= 15 is 0 Å². The molecule has 1 amide bonds. The Morgan fingerprint density at radius 3 is 2.00 bits per heavy atom. The lowest BCUT2D eigenvalue weighted by Gasteiger charge is -2.26. The smallest absolute Gasteiger partial charge is 0.264 e. The normalized spacial score (nSPS) is 11.2. The van der Waals surface area contributed by atoms with Crippen LogP contribution in [0.5, 0.6) is 0 Å². The molecule has 0 fully saturated rings. The summed E-state index contributed by atoms with van der Waals surface area (Å²) in [6.07, 6.45) is 0. The summed E-state index contributed by atoms with van der Waals surface area (Å²) in [4.78, 5) is 15.4. The zero-order chi connectivity index (χ0) is 25.6. The van der Waals surface area contributed by atoms with Crippen molar-refractivity contribution in [3.05, 3.63) is 89.0 Å². The van der Waals surface area contributed by atoms with E-state index in [2.05, 4.69) is 24.1 Å². The van der Waals surface area contributed by atoms with Gasteiger partial charge in [0.15, 0.2) is 0 Å². The number of aryl methyl sites for hydroxylation is 3. The lowest BCUT2D eigenvalue weighted by atomic mass is 10.1. The molecule has 186 valence electrons. The Hall–Kier alpha value is -3.32. The summed E-state index contributed by atoms with van der Waals surface area (Å²) in [5.41, 5.74) is 5.36. The van der Waals surface area contributed by atoms with Crippen LogP contribution in [-0.4, -0.2) is 34.0 Å². The zero-order valence-corrected chi connectivity index (χ0v) is 22.0. The van der Waals surface area contributed by atoms with Gasteiger partial charge in [-0.1, -0.05) is 47.5 Å². The maximum absolute atomic E-state index is 13.6. The van der Waals surface area contributed by atoms with E-state index in [9.17, 15) is 13.2 Å². The van der Waals surface area contributed by atoms with Crippen LogP contribution in [-0.2, 0) is 21.4 Å². The molecule has 35 heavy (non-hydrogen) atoms. The van der Waals surface area contributed by atoms with Gasteiger partial charge in [0, 0.05) is 25.3 Å². The van der Waals surface area contributed by atoms with E-state index in [1.54, 1.807) is 30.3 Å². The summed E-state index contributed by atoms with van der Waals surface area (Å²) in [6, 6.07) is 20.3. The molecule has 7 heteroatoms. The lowest BCUT2D eigenvalue weighted by molar-refractivity contribution is -0.119. The third kappa shape index (κ3) is 6.42. The molecule has 3 aromatic carbocycles. The van der Waals surface area contributed by atoms with Crippen LogP contribution in [0.1, 0.15) is 36.1 Å². The first-order valence-corrected chi connectivity index (χ1v) is 13.4. The molecule has 0 spiro atoms. The molecule has 3 rings (SSSR count). The van der Waals surface area contributed by atoms with Gasteiger partial charge in [-0.05, 0) is 76.1 Å². The number of carbonyl (C=O) groups excluding carboxylic acids is 1. The zero-order valence-electron chi connectivity index (χ0n) is 21.2. The van der Waals surface area contributed by atoms with Crippen LogP contribution in [0.15, 0.2) is 71.6 Å². The molecule has 6 nitrogen and oxygen atoms in total. The summed E-state index contributed by atoms with van der Waals surface area (Å²) < 4.78 is 28.4. The van der Waals surface area contributed by atoms with E-state index in [1.165, 1.54) is 4.31 Å². The van der Waals surface area contributed by atoms with Crippen LogP contribution in [0.25, 0.3) is 0 Å². The van der Waals surface area contributed by atoms with Crippen molar-refractivity contribution in [1.82, 2.24) is 5.32 Å².